The number of aliphatic hydroxyl groups is 1. The Labute approximate surface area is 199 Å². The van der Waals surface area contributed by atoms with E-state index in [4.69, 9.17) is 0 Å². The second kappa shape index (κ2) is 9.50. The molecule has 2 amide bonds. The van der Waals surface area contributed by atoms with Gasteiger partial charge in [0.15, 0.2) is 0 Å². The molecule has 11 heteroatoms. The number of thioether (sulfide) groups is 1. The van der Waals surface area contributed by atoms with E-state index in [1.165, 1.54) is 16.7 Å². The Balaban J connectivity index is 0.00000289. The molecular formula is C21H33ClN4O5S. The minimum Gasteiger partial charge on any atom is -0.477 e. The van der Waals surface area contributed by atoms with E-state index in [1.807, 2.05) is 18.9 Å². The summed E-state index contributed by atoms with van der Waals surface area (Å²) in [7, 11) is 4.01. The van der Waals surface area contributed by atoms with E-state index in [9.17, 15) is 24.6 Å². The third-order valence-corrected chi connectivity index (χ3v) is 8.71. The van der Waals surface area contributed by atoms with Crippen molar-refractivity contribution >= 4 is 42.0 Å². The Morgan fingerprint density at radius 1 is 1.16 bits per heavy atom. The van der Waals surface area contributed by atoms with Gasteiger partial charge in [-0.1, -0.05) is 6.92 Å². The summed E-state index contributed by atoms with van der Waals surface area (Å²) in [4.78, 5) is 45.9. The van der Waals surface area contributed by atoms with Crippen LogP contribution in [0, 0.1) is 11.8 Å². The first-order valence-electron chi connectivity index (χ1n) is 10.9. The molecule has 4 aliphatic heterocycles. The predicted molar refractivity (Wildman–Crippen MR) is 123 cm³/mol. The van der Waals surface area contributed by atoms with E-state index in [1.54, 1.807) is 6.92 Å². The summed E-state index contributed by atoms with van der Waals surface area (Å²) in [6.07, 6.45) is -0.146. The second-order valence-electron chi connectivity index (χ2n) is 9.33. The van der Waals surface area contributed by atoms with E-state index >= 15 is 0 Å². The zero-order chi connectivity index (χ0) is 22.6. The molecule has 4 rings (SSSR count). The van der Waals surface area contributed by atoms with Gasteiger partial charge in [0.1, 0.15) is 5.70 Å². The minimum absolute atomic E-state index is 0. The standard InChI is InChI=1S/C21H32N4O5S.ClH/c1-11-16-15(12(2)26)20(28)25(16)17(21(29)30)18(11)31-13-9-14(23(4)10-13)19(27)24-7-5-22(3)6-8-24;/h11-16,26H,5-10H2,1-4H3,(H,29,30);1H/t11-,12-,13+,14+,15-,16-;/m1./s1. The molecule has 6 atom stereocenters. The van der Waals surface area contributed by atoms with Gasteiger partial charge in [-0.2, -0.15) is 0 Å². The molecule has 0 aromatic carbocycles. The number of carboxylic acid groups (broad SMARTS) is 1. The lowest BCUT2D eigenvalue weighted by Crippen LogP contribution is -2.63. The largest absolute Gasteiger partial charge is 0.477 e. The molecule has 0 unspecified atom stereocenters. The molecule has 3 fully saturated rings. The van der Waals surface area contributed by atoms with Gasteiger partial charge in [0.25, 0.3) is 0 Å². The number of nitrogens with zero attached hydrogens (tertiary/aromatic N) is 4. The topological polar surface area (TPSA) is 105 Å². The number of hydrogen-bond donors (Lipinski definition) is 2. The summed E-state index contributed by atoms with van der Waals surface area (Å²) in [6.45, 7) is 7.44. The van der Waals surface area contributed by atoms with Gasteiger partial charge in [-0.3, -0.25) is 14.5 Å². The highest BCUT2D eigenvalue weighted by Crippen LogP contribution is 2.52. The number of aliphatic carboxylic acids is 1. The fourth-order valence-electron chi connectivity index (χ4n) is 5.42. The van der Waals surface area contributed by atoms with Crippen molar-refractivity contribution in [3.8, 4) is 0 Å². The second-order valence-corrected chi connectivity index (χ2v) is 10.7. The maximum absolute atomic E-state index is 13.1. The third-order valence-electron chi connectivity index (χ3n) is 7.21. The molecule has 0 aromatic heterocycles. The molecule has 4 aliphatic rings. The van der Waals surface area contributed by atoms with Crippen LogP contribution in [0.1, 0.15) is 20.3 Å². The number of likely N-dealkylation sites (N-methyl/N-ethyl adjacent to an activating group) is 2. The number of carboxylic acids is 1. The number of β-lactam (4-membered cyclic amide) rings is 1. The SMILES string of the molecule is C[C@@H](O)[C@H]1C(=O)N2C(C(=O)O)=C(S[C@H]3C[C@@H](C(=O)N4CCN(C)CC4)N(C)C3)[C@H](C)[C@H]12.Cl. The summed E-state index contributed by atoms with van der Waals surface area (Å²) in [6, 6.07) is -0.502. The number of fused-ring (bicyclic) bond motifs is 1. The zero-order valence-corrected chi connectivity index (χ0v) is 20.6. The van der Waals surface area contributed by atoms with Crippen molar-refractivity contribution in [2.75, 3.05) is 46.8 Å². The van der Waals surface area contributed by atoms with Crippen LogP contribution in [-0.4, -0.2) is 118 Å². The Kier molecular flexibility index (Phi) is 7.51. The average molecular weight is 489 g/mol. The third kappa shape index (κ3) is 4.16. The number of piperazine rings is 1. The first kappa shape index (κ1) is 25.3. The Morgan fingerprint density at radius 3 is 2.34 bits per heavy atom. The van der Waals surface area contributed by atoms with Crippen molar-refractivity contribution in [3.63, 3.8) is 0 Å². The summed E-state index contributed by atoms with van der Waals surface area (Å²) >= 11 is 1.50. The van der Waals surface area contributed by atoms with E-state index in [0.717, 1.165) is 26.2 Å². The number of halogens is 1. The highest BCUT2D eigenvalue weighted by Gasteiger charge is 2.60. The van der Waals surface area contributed by atoms with Crippen LogP contribution < -0.4 is 0 Å². The van der Waals surface area contributed by atoms with E-state index in [2.05, 4.69) is 16.8 Å². The molecule has 0 radical (unpaired) electrons. The summed E-state index contributed by atoms with van der Waals surface area (Å²) in [5.74, 6) is -1.97. The monoisotopic (exact) mass is 488 g/mol. The Hall–Kier alpha value is -1.33. The molecule has 0 bridgehead atoms. The van der Waals surface area contributed by atoms with Crippen LogP contribution in [0.5, 0.6) is 0 Å². The molecule has 9 nitrogen and oxygen atoms in total. The number of hydrogen-bond acceptors (Lipinski definition) is 7. The Bertz CT molecular complexity index is 816. The van der Waals surface area contributed by atoms with Crippen LogP contribution in [0.25, 0.3) is 0 Å². The van der Waals surface area contributed by atoms with Gasteiger partial charge in [0, 0.05) is 48.8 Å². The number of amides is 2. The molecule has 32 heavy (non-hydrogen) atoms. The number of carbonyl (C=O) groups is 3. The fraction of sp³-hybridized carbons (Fsp3) is 0.762. The van der Waals surface area contributed by atoms with E-state index < -0.39 is 18.0 Å². The lowest BCUT2D eigenvalue weighted by atomic mass is 9.79. The first-order valence-corrected chi connectivity index (χ1v) is 11.8. The van der Waals surface area contributed by atoms with Crippen molar-refractivity contribution < 1.29 is 24.6 Å². The minimum atomic E-state index is -1.11. The molecular weight excluding hydrogens is 456 g/mol. The molecule has 4 heterocycles. The van der Waals surface area contributed by atoms with Crippen LogP contribution in [0.2, 0.25) is 0 Å². The molecule has 0 aromatic rings. The van der Waals surface area contributed by atoms with Gasteiger partial charge in [0.05, 0.1) is 24.1 Å². The van der Waals surface area contributed by atoms with E-state index in [-0.39, 0.29) is 53.2 Å². The van der Waals surface area contributed by atoms with Crippen molar-refractivity contribution in [1.29, 1.82) is 0 Å². The van der Waals surface area contributed by atoms with Gasteiger partial charge in [-0.05, 0) is 27.4 Å². The van der Waals surface area contributed by atoms with E-state index in [0.29, 0.717) is 17.9 Å². The number of rotatable bonds is 5. The average Bonchev–Trinajstić information content (AvgIpc) is 3.18. The van der Waals surface area contributed by atoms with Crippen LogP contribution in [-0.2, 0) is 14.4 Å². The van der Waals surface area contributed by atoms with Crippen LogP contribution in [0.15, 0.2) is 10.6 Å². The normalized spacial score (nSPS) is 34.3. The van der Waals surface area contributed by atoms with Crippen LogP contribution in [0.4, 0.5) is 0 Å². The zero-order valence-electron chi connectivity index (χ0n) is 18.9. The lowest BCUT2D eigenvalue weighted by molar-refractivity contribution is -0.163. The quantitative estimate of drug-likeness (QED) is 0.527. The van der Waals surface area contributed by atoms with Gasteiger partial charge in [-0.15, -0.1) is 24.2 Å². The van der Waals surface area contributed by atoms with Gasteiger partial charge in [0.2, 0.25) is 11.8 Å². The summed E-state index contributed by atoms with van der Waals surface area (Å²) in [5, 5.41) is 19.9. The van der Waals surface area contributed by atoms with Crippen molar-refractivity contribution in [1.82, 2.24) is 19.6 Å². The number of aliphatic hydroxyl groups excluding tert-OH is 1. The maximum atomic E-state index is 13.1. The molecule has 0 spiro atoms. The van der Waals surface area contributed by atoms with Gasteiger partial charge in [-0.25, -0.2) is 4.79 Å². The summed E-state index contributed by atoms with van der Waals surface area (Å²) in [5.41, 5.74) is 0.0564. The highest BCUT2D eigenvalue weighted by molar-refractivity contribution is 8.03. The highest BCUT2D eigenvalue weighted by atomic mass is 35.5. The molecule has 180 valence electrons. The van der Waals surface area contributed by atoms with Crippen molar-refractivity contribution in [2.24, 2.45) is 11.8 Å². The maximum Gasteiger partial charge on any atom is 0.353 e. The summed E-state index contributed by atoms with van der Waals surface area (Å²) < 4.78 is 0. The van der Waals surface area contributed by atoms with Crippen LogP contribution >= 0.6 is 24.2 Å². The molecule has 3 saturated heterocycles. The smallest absolute Gasteiger partial charge is 0.353 e. The van der Waals surface area contributed by atoms with Crippen LogP contribution in [0.3, 0.4) is 0 Å². The predicted octanol–water partition coefficient (Wildman–Crippen LogP) is 0.142. The lowest BCUT2D eigenvalue weighted by Gasteiger charge is -2.46. The molecule has 0 aliphatic carbocycles. The number of carbonyl (C=O) groups excluding carboxylic acids is 2. The molecule has 0 saturated carbocycles. The molecule has 2 N–H and O–H groups in total. The first-order chi connectivity index (χ1) is 14.6. The van der Waals surface area contributed by atoms with Crippen molar-refractivity contribution in [2.45, 2.75) is 43.7 Å². The number of likely N-dealkylation sites (tertiary alicyclic amines) is 1. The van der Waals surface area contributed by atoms with Gasteiger partial charge < -0.3 is 24.9 Å². The fourth-order valence-corrected chi connectivity index (χ4v) is 7.02. The van der Waals surface area contributed by atoms with Crippen molar-refractivity contribution in [3.05, 3.63) is 10.6 Å². The van der Waals surface area contributed by atoms with Gasteiger partial charge >= 0.3 is 5.97 Å². The Morgan fingerprint density at radius 2 is 1.78 bits per heavy atom.